The lowest BCUT2D eigenvalue weighted by Crippen LogP contribution is -2.10. The van der Waals surface area contributed by atoms with E-state index in [9.17, 15) is 0 Å². The fourth-order valence-electron chi connectivity index (χ4n) is 7.90. The van der Waals surface area contributed by atoms with Gasteiger partial charge in [0.25, 0.3) is 0 Å². The van der Waals surface area contributed by atoms with Crippen molar-refractivity contribution < 1.29 is 4.42 Å². The van der Waals surface area contributed by atoms with Crippen molar-refractivity contribution in [3.63, 3.8) is 0 Å². The van der Waals surface area contributed by atoms with Crippen molar-refractivity contribution in [3.8, 4) is 22.3 Å². The van der Waals surface area contributed by atoms with Crippen molar-refractivity contribution in [1.29, 1.82) is 0 Å². The van der Waals surface area contributed by atoms with E-state index in [-0.39, 0.29) is 0 Å². The molecule has 0 saturated heterocycles. The molecule has 9 aromatic rings. The molecule has 10 rings (SSSR count). The number of benzene rings is 8. The molecule has 0 fully saturated rings. The van der Waals surface area contributed by atoms with Crippen LogP contribution in [-0.4, -0.2) is 11.5 Å². The fourth-order valence-corrected chi connectivity index (χ4v) is 7.90. The normalized spacial score (nSPS) is 13.5. The maximum absolute atomic E-state index is 7.02. The summed E-state index contributed by atoms with van der Waals surface area (Å²) in [5, 5.41) is 6.95. The van der Waals surface area contributed by atoms with Crippen LogP contribution >= 0.6 is 0 Å². The summed E-state index contributed by atoms with van der Waals surface area (Å²) in [6.07, 6.45) is 3.88. The molecule has 53 heavy (non-hydrogen) atoms. The third-order valence-corrected chi connectivity index (χ3v) is 10.4. The van der Waals surface area contributed by atoms with Crippen LogP contribution in [0.4, 0.5) is 0 Å². The Morgan fingerprint density at radius 3 is 1.77 bits per heavy atom. The Labute approximate surface area is 307 Å². The summed E-state index contributed by atoms with van der Waals surface area (Å²) in [6.45, 7) is 0. The summed E-state index contributed by atoms with van der Waals surface area (Å²) < 4.78 is 7.02. The van der Waals surface area contributed by atoms with Crippen LogP contribution in [0, 0.1) is 0 Å². The van der Waals surface area contributed by atoms with E-state index >= 15 is 0 Å². The van der Waals surface area contributed by atoms with Crippen molar-refractivity contribution in [2.24, 2.45) is 9.98 Å². The molecule has 3 heteroatoms. The summed E-state index contributed by atoms with van der Waals surface area (Å²) in [4.78, 5) is 10.5. The van der Waals surface area contributed by atoms with Crippen LogP contribution in [-0.2, 0) is 0 Å². The van der Waals surface area contributed by atoms with E-state index in [4.69, 9.17) is 14.4 Å². The van der Waals surface area contributed by atoms with Gasteiger partial charge >= 0.3 is 0 Å². The standard InChI is InChI=1S/C50H34N2O/c1-4-16-33(17-5-1)45-28-15-29-46(52-50(51-45)35-20-8-3-9-21-35)41-31-30-40(38-24-12-13-25-39(38)41)42-26-14-27-43-44-32-36-22-10-11-23-37(36)47(49(44)53-48(42)43)34-18-6-2-7-19-34/h1-14,16-28,30-32H,15,29H2. The second kappa shape index (κ2) is 13.0. The van der Waals surface area contributed by atoms with E-state index in [0.717, 1.165) is 102 Å². The summed E-state index contributed by atoms with van der Waals surface area (Å²) in [7, 11) is 0. The van der Waals surface area contributed by atoms with Gasteiger partial charge in [-0.05, 0) is 57.1 Å². The Balaban J connectivity index is 1.16. The molecule has 1 aliphatic rings. The summed E-state index contributed by atoms with van der Waals surface area (Å²) in [6, 6.07) is 61.9. The summed E-state index contributed by atoms with van der Waals surface area (Å²) >= 11 is 0. The van der Waals surface area contributed by atoms with E-state index in [1.165, 1.54) is 10.8 Å². The number of allylic oxidation sites excluding steroid dienone is 1. The molecule has 0 spiro atoms. The molecule has 0 saturated carbocycles. The van der Waals surface area contributed by atoms with Crippen molar-refractivity contribution in [2.75, 3.05) is 0 Å². The maximum Gasteiger partial charge on any atom is 0.160 e. The molecule has 0 N–H and O–H groups in total. The average Bonchev–Trinajstić information content (AvgIpc) is 3.59. The second-order valence-corrected chi connectivity index (χ2v) is 13.6. The first-order valence-corrected chi connectivity index (χ1v) is 18.2. The molecule has 1 aliphatic heterocycles. The first-order chi connectivity index (χ1) is 26.3. The molecule has 0 aliphatic carbocycles. The predicted molar refractivity (Wildman–Crippen MR) is 223 cm³/mol. The summed E-state index contributed by atoms with van der Waals surface area (Å²) in [5.74, 6) is 0.720. The first-order valence-electron chi connectivity index (χ1n) is 18.2. The predicted octanol–water partition coefficient (Wildman–Crippen LogP) is 13.3. The maximum atomic E-state index is 7.02. The minimum absolute atomic E-state index is 0.720. The fraction of sp³-hybridized carbons (Fsp3) is 0.0400. The molecule has 0 atom stereocenters. The van der Waals surface area contributed by atoms with Gasteiger partial charge in [0.15, 0.2) is 5.84 Å². The van der Waals surface area contributed by atoms with Gasteiger partial charge in [0.1, 0.15) is 11.2 Å². The van der Waals surface area contributed by atoms with Crippen molar-refractivity contribution in [1.82, 2.24) is 0 Å². The van der Waals surface area contributed by atoms with E-state index in [1.807, 2.05) is 24.3 Å². The van der Waals surface area contributed by atoms with Gasteiger partial charge in [0.2, 0.25) is 0 Å². The van der Waals surface area contributed by atoms with Crippen molar-refractivity contribution >= 4 is 60.7 Å². The highest BCUT2D eigenvalue weighted by Crippen LogP contribution is 2.44. The molecule has 3 nitrogen and oxygen atoms in total. The van der Waals surface area contributed by atoms with Gasteiger partial charge in [-0.25, -0.2) is 9.98 Å². The van der Waals surface area contributed by atoms with Gasteiger partial charge in [-0.15, -0.1) is 0 Å². The van der Waals surface area contributed by atoms with Crippen LogP contribution in [0.1, 0.15) is 29.5 Å². The van der Waals surface area contributed by atoms with Crippen LogP contribution < -0.4 is 0 Å². The number of hydrogen-bond donors (Lipinski definition) is 0. The van der Waals surface area contributed by atoms with Crippen LogP contribution in [0.15, 0.2) is 196 Å². The molecule has 0 bridgehead atoms. The Morgan fingerprint density at radius 1 is 0.415 bits per heavy atom. The SMILES string of the molecule is C1=C(c2ccccc2)N=C(c2ccccc2)N=C(c2ccc(-c3cccc4c3oc3c(-c5ccccc5)c5ccccc5cc34)c3ccccc23)CC1. The van der Waals surface area contributed by atoms with Gasteiger partial charge in [-0.2, -0.15) is 0 Å². The van der Waals surface area contributed by atoms with E-state index in [0.29, 0.717) is 0 Å². The molecule has 0 amide bonds. The van der Waals surface area contributed by atoms with Gasteiger partial charge in [-0.3, -0.25) is 0 Å². The topological polar surface area (TPSA) is 37.9 Å². The highest BCUT2D eigenvalue weighted by Gasteiger charge is 2.21. The second-order valence-electron chi connectivity index (χ2n) is 13.6. The quantitative estimate of drug-likeness (QED) is 0.179. The van der Waals surface area contributed by atoms with Gasteiger partial charge in [0, 0.05) is 33.0 Å². The van der Waals surface area contributed by atoms with Crippen molar-refractivity contribution in [3.05, 3.63) is 199 Å². The number of fused-ring (bicyclic) bond motifs is 5. The lowest BCUT2D eigenvalue weighted by Gasteiger charge is -2.16. The Hall–Kier alpha value is -6.84. The van der Waals surface area contributed by atoms with E-state index in [2.05, 4.69) is 158 Å². The van der Waals surface area contributed by atoms with Crippen LogP contribution in [0.3, 0.4) is 0 Å². The molecule has 250 valence electrons. The number of aliphatic imine (C=N–C) groups is 2. The smallest absolute Gasteiger partial charge is 0.160 e. The zero-order chi connectivity index (χ0) is 35.1. The number of para-hydroxylation sites is 1. The lowest BCUT2D eigenvalue weighted by atomic mass is 9.91. The first kappa shape index (κ1) is 30.9. The number of hydrogen-bond acceptors (Lipinski definition) is 3. The Kier molecular flexibility index (Phi) is 7.62. The number of nitrogens with zero attached hydrogens (tertiary/aromatic N) is 2. The lowest BCUT2D eigenvalue weighted by molar-refractivity contribution is 0.671. The highest BCUT2D eigenvalue weighted by atomic mass is 16.3. The third-order valence-electron chi connectivity index (χ3n) is 10.4. The van der Waals surface area contributed by atoms with E-state index < -0.39 is 0 Å². The highest BCUT2D eigenvalue weighted by molar-refractivity contribution is 6.22. The zero-order valence-electron chi connectivity index (χ0n) is 29.0. The molecule has 0 unspecified atom stereocenters. The minimum atomic E-state index is 0.720. The number of amidine groups is 1. The molecule has 2 heterocycles. The van der Waals surface area contributed by atoms with Crippen LogP contribution in [0.5, 0.6) is 0 Å². The van der Waals surface area contributed by atoms with Gasteiger partial charge in [-0.1, -0.05) is 176 Å². The van der Waals surface area contributed by atoms with E-state index in [1.54, 1.807) is 0 Å². The summed E-state index contributed by atoms with van der Waals surface area (Å²) in [5.41, 5.74) is 11.5. The molecular formula is C50H34N2O. The average molecular weight is 679 g/mol. The number of furan rings is 1. The molecule has 1 aromatic heterocycles. The molecular weight excluding hydrogens is 645 g/mol. The molecule has 8 aromatic carbocycles. The third kappa shape index (κ3) is 5.46. The minimum Gasteiger partial charge on any atom is -0.455 e. The number of rotatable bonds is 5. The Bertz CT molecular complexity index is 2920. The van der Waals surface area contributed by atoms with Crippen LogP contribution in [0.25, 0.3) is 71.4 Å². The van der Waals surface area contributed by atoms with Gasteiger partial charge in [0.05, 0.1) is 11.4 Å². The van der Waals surface area contributed by atoms with Crippen molar-refractivity contribution in [2.45, 2.75) is 12.8 Å². The molecule has 0 radical (unpaired) electrons. The Morgan fingerprint density at radius 2 is 1.02 bits per heavy atom. The zero-order valence-corrected chi connectivity index (χ0v) is 29.0. The monoisotopic (exact) mass is 678 g/mol. The largest absolute Gasteiger partial charge is 0.455 e. The van der Waals surface area contributed by atoms with Crippen LogP contribution in [0.2, 0.25) is 0 Å². The van der Waals surface area contributed by atoms with Gasteiger partial charge < -0.3 is 4.42 Å².